The maximum Gasteiger partial charge on any atom is 0.341 e. The van der Waals surface area contributed by atoms with Crippen molar-refractivity contribution < 1.29 is 15.0 Å². The Hall–Kier alpha value is -1.40. The van der Waals surface area contributed by atoms with Gasteiger partial charge in [0.1, 0.15) is 11.4 Å². The van der Waals surface area contributed by atoms with Gasteiger partial charge in [-0.05, 0) is 44.2 Å². The number of rotatable bonds is 3. The summed E-state index contributed by atoms with van der Waals surface area (Å²) in [6.07, 6.45) is 4.05. The van der Waals surface area contributed by atoms with Gasteiger partial charge < -0.3 is 15.5 Å². The Labute approximate surface area is 115 Å². The summed E-state index contributed by atoms with van der Waals surface area (Å²) in [7, 11) is 0. The number of carboxylic acid groups (broad SMARTS) is 1. The molecule has 104 valence electrons. The van der Waals surface area contributed by atoms with E-state index in [1.807, 2.05) is 6.92 Å². The number of carboxylic acids is 1. The molecular weight excluding hydrogens is 270 g/mol. The summed E-state index contributed by atoms with van der Waals surface area (Å²) in [6.45, 7) is 1.81. The first kappa shape index (κ1) is 14.0. The van der Waals surface area contributed by atoms with Crippen LogP contribution in [0.4, 0.5) is 5.82 Å². The Morgan fingerprint density at radius 3 is 2.74 bits per heavy atom. The Morgan fingerprint density at radius 1 is 1.53 bits per heavy atom. The van der Waals surface area contributed by atoms with E-state index in [1.165, 1.54) is 6.20 Å². The first-order valence-corrected chi connectivity index (χ1v) is 6.50. The largest absolute Gasteiger partial charge is 0.477 e. The van der Waals surface area contributed by atoms with Gasteiger partial charge in [-0.1, -0.05) is 0 Å². The molecule has 3 N–H and O–H groups in total. The number of halogens is 1. The highest BCUT2D eigenvalue weighted by molar-refractivity contribution is 6.28. The minimum atomic E-state index is -1.10. The molecular formula is C12H16ClN3O3. The van der Waals surface area contributed by atoms with Crippen molar-refractivity contribution in [3.8, 4) is 0 Å². The van der Waals surface area contributed by atoms with Crippen LogP contribution in [0.5, 0.6) is 0 Å². The summed E-state index contributed by atoms with van der Waals surface area (Å²) < 4.78 is 0. The van der Waals surface area contributed by atoms with Crippen molar-refractivity contribution in [2.24, 2.45) is 0 Å². The monoisotopic (exact) mass is 285 g/mol. The molecule has 0 bridgehead atoms. The highest BCUT2D eigenvalue weighted by atomic mass is 35.5. The molecule has 6 nitrogen and oxygen atoms in total. The van der Waals surface area contributed by atoms with Gasteiger partial charge in [0.2, 0.25) is 5.28 Å². The Balaban J connectivity index is 2.11. The number of hydrogen-bond acceptors (Lipinski definition) is 5. The van der Waals surface area contributed by atoms with Crippen molar-refractivity contribution in [2.75, 3.05) is 5.32 Å². The Kier molecular flexibility index (Phi) is 3.91. The van der Waals surface area contributed by atoms with E-state index in [1.54, 1.807) is 0 Å². The van der Waals surface area contributed by atoms with Gasteiger partial charge in [-0.15, -0.1) is 0 Å². The molecule has 0 spiro atoms. The van der Waals surface area contributed by atoms with Gasteiger partial charge in [0.15, 0.2) is 0 Å². The molecule has 0 aliphatic heterocycles. The number of nitrogens with one attached hydrogen (secondary N) is 1. The zero-order valence-electron chi connectivity index (χ0n) is 10.6. The SMILES string of the molecule is C[C@]1(O)CC[C@@H](Nc2nc(Cl)ncc2C(=O)O)CC1. The lowest BCUT2D eigenvalue weighted by Crippen LogP contribution is -2.36. The fourth-order valence-corrected chi connectivity index (χ4v) is 2.34. The molecule has 0 radical (unpaired) electrons. The fourth-order valence-electron chi connectivity index (χ4n) is 2.20. The molecule has 1 aliphatic rings. The molecule has 19 heavy (non-hydrogen) atoms. The summed E-state index contributed by atoms with van der Waals surface area (Å²) >= 11 is 5.69. The van der Waals surface area contributed by atoms with Crippen molar-refractivity contribution in [3.63, 3.8) is 0 Å². The van der Waals surface area contributed by atoms with Crippen LogP contribution >= 0.6 is 11.6 Å². The molecule has 1 aromatic rings. The van der Waals surface area contributed by atoms with E-state index in [0.717, 1.165) is 12.8 Å². The highest BCUT2D eigenvalue weighted by Gasteiger charge is 2.29. The molecule has 7 heteroatoms. The van der Waals surface area contributed by atoms with Crippen LogP contribution in [0.1, 0.15) is 43.0 Å². The van der Waals surface area contributed by atoms with Gasteiger partial charge in [-0.3, -0.25) is 0 Å². The predicted molar refractivity (Wildman–Crippen MR) is 70.5 cm³/mol. The normalized spacial score (nSPS) is 27.0. The lowest BCUT2D eigenvalue weighted by molar-refractivity contribution is 0.0195. The fraction of sp³-hybridized carbons (Fsp3) is 0.583. The molecule has 0 unspecified atom stereocenters. The Morgan fingerprint density at radius 2 is 2.16 bits per heavy atom. The second-order valence-electron chi connectivity index (χ2n) is 5.12. The van der Waals surface area contributed by atoms with Crippen molar-refractivity contribution in [1.29, 1.82) is 0 Å². The van der Waals surface area contributed by atoms with Gasteiger partial charge in [0, 0.05) is 12.2 Å². The standard InChI is InChI=1S/C12H16ClN3O3/c1-12(19)4-2-7(3-5-12)15-9-8(10(17)18)6-14-11(13)16-9/h6-7,19H,2-5H2,1H3,(H,17,18)(H,14,15,16)/t7-,12+. The third kappa shape index (κ3) is 3.54. The number of hydrogen-bond donors (Lipinski definition) is 3. The third-order valence-electron chi connectivity index (χ3n) is 3.39. The molecule has 0 amide bonds. The number of nitrogens with zero attached hydrogens (tertiary/aromatic N) is 2. The van der Waals surface area contributed by atoms with E-state index in [0.29, 0.717) is 12.8 Å². The van der Waals surface area contributed by atoms with Crippen molar-refractivity contribution in [2.45, 2.75) is 44.2 Å². The molecule has 1 aliphatic carbocycles. The van der Waals surface area contributed by atoms with Gasteiger partial charge in [0.05, 0.1) is 5.60 Å². The second kappa shape index (κ2) is 5.30. The second-order valence-corrected chi connectivity index (χ2v) is 5.46. The van der Waals surface area contributed by atoms with Crippen LogP contribution in [0.2, 0.25) is 5.28 Å². The summed E-state index contributed by atoms with van der Waals surface area (Å²) in [4.78, 5) is 18.7. The van der Waals surface area contributed by atoms with E-state index in [9.17, 15) is 9.90 Å². The number of anilines is 1. The molecule has 1 aromatic heterocycles. The highest BCUT2D eigenvalue weighted by Crippen LogP contribution is 2.29. The van der Waals surface area contributed by atoms with Crippen LogP contribution in [-0.4, -0.2) is 37.8 Å². The average molecular weight is 286 g/mol. The van der Waals surface area contributed by atoms with E-state index in [-0.39, 0.29) is 22.7 Å². The van der Waals surface area contributed by atoms with Gasteiger partial charge in [-0.25, -0.2) is 9.78 Å². The van der Waals surface area contributed by atoms with Crippen LogP contribution in [0.15, 0.2) is 6.20 Å². The molecule has 2 rings (SSSR count). The summed E-state index contributed by atoms with van der Waals surface area (Å²) in [5.41, 5.74) is -0.626. The van der Waals surface area contributed by atoms with Crippen LogP contribution in [0.25, 0.3) is 0 Å². The maximum absolute atomic E-state index is 11.1. The van der Waals surface area contributed by atoms with Crippen LogP contribution < -0.4 is 5.32 Å². The third-order valence-corrected chi connectivity index (χ3v) is 3.58. The number of aromatic carboxylic acids is 1. The minimum Gasteiger partial charge on any atom is -0.477 e. The summed E-state index contributed by atoms with van der Waals surface area (Å²) in [5, 5.41) is 22.0. The number of carbonyl (C=O) groups is 1. The smallest absolute Gasteiger partial charge is 0.341 e. The van der Waals surface area contributed by atoms with E-state index in [2.05, 4.69) is 15.3 Å². The average Bonchev–Trinajstić information content (AvgIpc) is 2.31. The van der Waals surface area contributed by atoms with E-state index < -0.39 is 11.6 Å². The zero-order chi connectivity index (χ0) is 14.0. The van der Waals surface area contributed by atoms with Gasteiger partial charge >= 0.3 is 5.97 Å². The maximum atomic E-state index is 11.1. The van der Waals surface area contributed by atoms with E-state index >= 15 is 0 Å². The van der Waals surface area contributed by atoms with E-state index in [4.69, 9.17) is 16.7 Å². The van der Waals surface area contributed by atoms with Gasteiger partial charge in [0.25, 0.3) is 0 Å². The quantitative estimate of drug-likeness (QED) is 0.735. The molecule has 1 heterocycles. The first-order chi connectivity index (χ1) is 8.87. The molecule has 0 saturated heterocycles. The predicted octanol–water partition coefficient (Wildman–Crippen LogP) is 1.93. The van der Waals surface area contributed by atoms with Crippen LogP contribution in [0.3, 0.4) is 0 Å². The van der Waals surface area contributed by atoms with Gasteiger partial charge in [-0.2, -0.15) is 4.98 Å². The summed E-state index contributed by atoms with van der Waals surface area (Å²) in [6, 6.07) is 0.0873. The molecule has 1 saturated carbocycles. The molecule has 0 atom stereocenters. The molecule has 1 fully saturated rings. The lowest BCUT2D eigenvalue weighted by atomic mass is 9.83. The Bertz CT molecular complexity index is 483. The number of aromatic nitrogens is 2. The molecule has 0 aromatic carbocycles. The van der Waals surface area contributed by atoms with Crippen molar-refractivity contribution in [1.82, 2.24) is 9.97 Å². The number of aliphatic hydroxyl groups is 1. The zero-order valence-corrected chi connectivity index (χ0v) is 11.3. The topological polar surface area (TPSA) is 95.3 Å². The minimum absolute atomic E-state index is 0.00161. The summed E-state index contributed by atoms with van der Waals surface area (Å²) in [5.74, 6) is -0.860. The van der Waals surface area contributed by atoms with Crippen molar-refractivity contribution in [3.05, 3.63) is 17.0 Å². The van der Waals surface area contributed by atoms with Crippen molar-refractivity contribution >= 4 is 23.4 Å². The lowest BCUT2D eigenvalue weighted by Gasteiger charge is -2.33. The first-order valence-electron chi connectivity index (χ1n) is 6.12. The van der Waals surface area contributed by atoms with Crippen LogP contribution in [-0.2, 0) is 0 Å². The van der Waals surface area contributed by atoms with Crippen LogP contribution in [0, 0.1) is 0 Å².